The molecular weight excluding hydrogens is 286 g/mol. The molecule has 0 aliphatic heterocycles. The van der Waals surface area contributed by atoms with Crippen LogP contribution in [0.5, 0.6) is 0 Å². The lowest BCUT2D eigenvalue weighted by molar-refractivity contribution is -0.126. The fraction of sp³-hybridized carbons (Fsp3) is 0.467. The molecule has 112 valence electrons. The van der Waals surface area contributed by atoms with Gasteiger partial charge in [0, 0.05) is 5.92 Å². The summed E-state index contributed by atoms with van der Waals surface area (Å²) in [5, 5.41) is 4.93. The lowest BCUT2D eigenvalue weighted by Crippen LogP contribution is -2.34. The predicted octanol–water partition coefficient (Wildman–Crippen LogP) is 2.39. The first-order valence-electron chi connectivity index (χ1n) is 7.24. The normalized spacial score (nSPS) is 21.6. The number of hydrogen-bond donors (Lipinski definition) is 2. The third kappa shape index (κ3) is 3.16. The molecule has 0 saturated heterocycles. The Kier molecular flexibility index (Phi) is 4.36. The maximum absolute atomic E-state index is 12.2. The average molecular weight is 305 g/mol. The number of carbonyl (C=O) groups excluding carboxylic acids is 1. The highest BCUT2D eigenvalue weighted by atomic mass is 32.1. The molecule has 1 aliphatic rings. The Hall–Kier alpha value is -1.66. The van der Waals surface area contributed by atoms with Crippen molar-refractivity contribution in [1.29, 1.82) is 0 Å². The number of rotatable bonds is 5. The molecule has 2 aromatic heterocycles. The van der Waals surface area contributed by atoms with E-state index in [1.54, 1.807) is 17.6 Å². The fourth-order valence-electron chi connectivity index (χ4n) is 2.87. The van der Waals surface area contributed by atoms with Gasteiger partial charge in [-0.05, 0) is 36.8 Å². The summed E-state index contributed by atoms with van der Waals surface area (Å²) in [6, 6.07) is 3.92. The predicted molar refractivity (Wildman–Crippen MR) is 81.5 cm³/mol. The molecule has 6 heteroatoms. The minimum atomic E-state index is 0.0543. The minimum Gasteiger partial charge on any atom is -0.443 e. The molecule has 2 aromatic rings. The lowest BCUT2D eigenvalue weighted by Gasteiger charge is -2.16. The van der Waals surface area contributed by atoms with Crippen molar-refractivity contribution in [2.24, 2.45) is 17.6 Å². The van der Waals surface area contributed by atoms with Gasteiger partial charge in [-0.2, -0.15) is 0 Å². The lowest BCUT2D eigenvalue weighted by atomic mass is 9.95. The number of thiophene rings is 1. The van der Waals surface area contributed by atoms with Crippen LogP contribution in [0.4, 0.5) is 0 Å². The topological polar surface area (TPSA) is 81.2 Å². The monoisotopic (exact) mass is 305 g/mol. The van der Waals surface area contributed by atoms with E-state index in [0.29, 0.717) is 24.9 Å². The van der Waals surface area contributed by atoms with Gasteiger partial charge in [-0.3, -0.25) is 4.79 Å². The number of nitrogens with one attached hydrogen (secondary N) is 1. The third-order valence-electron chi connectivity index (χ3n) is 4.03. The molecule has 0 spiro atoms. The number of nitrogens with zero attached hydrogens (tertiary/aromatic N) is 1. The zero-order valence-electron chi connectivity index (χ0n) is 11.7. The van der Waals surface area contributed by atoms with Gasteiger partial charge >= 0.3 is 0 Å². The van der Waals surface area contributed by atoms with Crippen molar-refractivity contribution in [3.8, 4) is 10.8 Å². The summed E-state index contributed by atoms with van der Waals surface area (Å²) < 4.78 is 5.44. The smallest absolute Gasteiger partial charge is 0.236 e. The zero-order chi connectivity index (χ0) is 14.7. The van der Waals surface area contributed by atoms with E-state index in [1.165, 1.54) is 0 Å². The standard InChI is InChI=1S/C15H19N3O2S/c16-7-10-3-1-4-12(10)14(19)17-8-11-9-20-15(18-11)13-5-2-6-21-13/h2,5-6,9-10,12H,1,3-4,7-8,16H2,(H,17,19)/t10-,12-/m1/s1. The van der Waals surface area contributed by atoms with Gasteiger partial charge in [-0.15, -0.1) is 11.3 Å². The third-order valence-corrected chi connectivity index (χ3v) is 4.88. The van der Waals surface area contributed by atoms with Crippen LogP contribution in [-0.2, 0) is 11.3 Å². The van der Waals surface area contributed by atoms with Crippen LogP contribution in [0.2, 0.25) is 0 Å². The van der Waals surface area contributed by atoms with Crippen molar-refractivity contribution in [3.05, 3.63) is 29.5 Å². The van der Waals surface area contributed by atoms with Crippen LogP contribution < -0.4 is 11.1 Å². The molecule has 1 amide bonds. The van der Waals surface area contributed by atoms with Gasteiger partial charge in [0.25, 0.3) is 0 Å². The van der Waals surface area contributed by atoms with E-state index < -0.39 is 0 Å². The number of carbonyl (C=O) groups is 1. The molecule has 1 aliphatic carbocycles. The molecule has 3 N–H and O–H groups in total. The van der Waals surface area contributed by atoms with E-state index >= 15 is 0 Å². The molecule has 21 heavy (non-hydrogen) atoms. The van der Waals surface area contributed by atoms with E-state index in [1.807, 2.05) is 17.5 Å². The Morgan fingerprint density at radius 2 is 2.43 bits per heavy atom. The van der Waals surface area contributed by atoms with Crippen LogP contribution in [0.1, 0.15) is 25.0 Å². The maximum Gasteiger partial charge on any atom is 0.236 e. The zero-order valence-corrected chi connectivity index (χ0v) is 12.6. The number of amides is 1. The SMILES string of the molecule is NC[C@H]1CCC[C@H]1C(=O)NCc1coc(-c2cccs2)n1. The quantitative estimate of drug-likeness (QED) is 0.888. The van der Waals surface area contributed by atoms with Crippen LogP contribution in [0.3, 0.4) is 0 Å². The summed E-state index contributed by atoms with van der Waals surface area (Å²) in [5.74, 6) is 1.07. The van der Waals surface area contributed by atoms with E-state index in [2.05, 4.69) is 10.3 Å². The van der Waals surface area contributed by atoms with Crippen LogP contribution in [0.15, 0.2) is 28.2 Å². The van der Waals surface area contributed by atoms with Crippen molar-refractivity contribution < 1.29 is 9.21 Å². The number of nitrogens with two attached hydrogens (primary N) is 1. The second kappa shape index (κ2) is 6.41. The summed E-state index contributed by atoms with van der Waals surface area (Å²) in [7, 11) is 0. The van der Waals surface area contributed by atoms with E-state index in [0.717, 1.165) is 29.8 Å². The van der Waals surface area contributed by atoms with Crippen LogP contribution in [0.25, 0.3) is 10.8 Å². The van der Waals surface area contributed by atoms with Gasteiger partial charge in [0.05, 0.1) is 17.1 Å². The molecule has 0 aromatic carbocycles. The van der Waals surface area contributed by atoms with E-state index in [9.17, 15) is 4.79 Å². The van der Waals surface area contributed by atoms with Gasteiger partial charge in [0.15, 0.2) is 0 Å². The largest absolute Gasteiger partial charge is 0.443 e. The minimum absolute atomic E-state index is 0.0543. The molecule has 2 heterocycles. The highest BCUT2D eigenvalue weighted by Gasteiger charge is 2.31. The molecule has 5 nitrogen and oxygen atoms in total. The molecular formula is C15H19N3O2S. The van der Waals surface area contributed by atoms with Crippen molar-refractivity contribution in [3.63, 3.8) is 0 Å². The Balaban J connectivity index is 1.57. The van der Waals surface area contributed by atoms with Crippen LogP contribution in [0, 0.1) is 11.8 Å². The van der Waals surface area contributed by atoms with Crippen LogP contribution in [-0.4, -0.2) is 17.4 Å². The summed E-state index contributed by atoms with van der Waals surface area (Å²) in [5.41, 5.74) is 6.47. The Morgan fingerprint density at radius 3 is 3.19 bits per heavy atom. The number of hydrogen-bond acceptors (Lipinski definition) is 5. The average Bonchev–Trinajstić information content (AvgIpc) is 3.24. The summed E-state index contributed by atoms with van der Waals surface area (Å²) in [6.45, 7) is 0.992. The molecule has 3 rings (SSSR count). The first kappa shape index (κ1) is 14.3. The first-order valence-corrected chi connectivity index (χ1v) is 8.12. The van der Waals surface area contributed by atoms with E-state index in [4.69, 9.17) is 10.2 Å². The van der Waals surface area contributed by atoms with Crippen molar-refractivity contribution >= 4 is 17.2 Å². The highest BCUT2D eigenvalue weighted by molar-refractivity contribution is 7.13. The second-order valence-corrected chi connectivity index (χ2v) is 6.32. The van der Waals surface area contributed by atoms with Gasteiger partial charge in [0.2, 0.25) is 11.8 Å². The van der Waals surface area contributed by atoms with Gasteiger partial charge < -0.3 is 15.5 Å². The summed E-state index contributed by atoms with van der Waals surface area (Å²) in [6.07, 6.45) is 4.69. The van der Waals surface area contributed by atoms with Crippen LogP contribution >= 0.6 is 11.3 Å². The molecule has 2 atom stereocenters. The fourth-order valence-corrected chi connectivity index (χ4v) is 3.53. The van der Waals surface area contributed by atoms with Gasteiger partial charge in [0.1, 0.15) is 6.26 Å². The maximum atomic E-state index is 12.2. The van der Waals surface area contributed by atoms with Gasteiger partial charge in [-0.25, -0.2) is 4.98 Å². The Morgan fingerprint density at radius 1 is 1.52 bits per heavy atom. The Bertz CT molecular complexity index is 594. The van der Waals surface area contributed by atoms with Crippen molar-refractivity contribution in [2.45, 2.75) is 25.8 Å². The molecule has 0 radical (unpaired) electrons. The Labute approximate surface area is 127 Å². The van der Waals surface area contributed by atoms with Crippen molar-refractivity contribution in [2.75, 3.05) is 6.54 Å². The summed E-state index contributed by atoms with van der Waals surface area (Å²) >= 11 is 1.58. The number of aromatic nitrogens is 1. The molecule has 0 bridgehead atoms. The molecule has 0 unspecified atom stereocenters. The van der Waals surface area contributed by atoms with Crippen molar-refractivity contribution in [1.82, 2.24) is 10.3 Å². The molecule has 1 saturated carbocycles. The van der Waals surface area contributed by atoms with Gasteiger partial charge in [-0.1, -0.05) is 12.5 Å². The first-order chi connectivity index (χ1) is 10.3. The second-order valence-electron chi connectivity index (χ2n) is 5.37. The highest BCUT2D eigenvalue weighted by Crippen LogP contribution is 2.31. The molecule has 1 fully saturated rings. The number of oxazole rings is 1. The summed E-state index contributed by atoms with van der Waals surface area (Å²) in [4.78, 5) is 17.6. The van der Waals surface area contributed by atoms with E-state index in [-0.39, 0.29) is 11.8 Å².